The van der Waals surface area contributed by atoms with Crippen molar-refractivity contribution in [2.24, 2.45) is 0 Å². The standard InChI is InChI=1S/C26H39N7O2/c34-26(28-21-8-13-32(14-9-21)16-15-31-10-5-18-35-19-17-31)25-27-20-23-22(30-25)6-7-24(29-23)33-11-3-1-2-4-12-33/h6-7,20-21H,1-5,8-19H2,(H,28,34). The number of hydrogen-bond acceptors (Lipinski definition) is 8. The number of hydrogen-bond donors (Lipinski definition) is 1. The van der Waals surface area contributed by atoms with Gasteiger partial charge in [0.2, 0.25) is 5.82 Å². The van der Waals surface area contributed by atoms with Gasteiger partial charge in [0, 0.05) is 65.0 Å². The van der Waals surface area contributed by atoms with Crippen LogP contribution in [0.4, 0.5) is 5.82 Å². The monoisotopic (exact) mass is 481 g/mol. The number of anilines is 1. The summed E-state index contributed by atoms with van der Waals surface area (Å²) in [6.07, 6.45) is 9.74. The van der Waals surface area contributed by atoms with Crippen LogP contribution in [0.25, 0.3) is 11.0 Å². The first kappa shape index (κ1) is 24.3. The second-order valence-corrected chi connectivity index (χ2v) is 10.1. The first-order chi connectivity index (χ1) is 17.2. The first-order valence-electron chi connectivity index (χ1n) is 13.5. The van der Waals surface area contributed by atoms with Gasteiger partial charge in [0.05, 0.1) is 18.3 Å². The van der Waals surface area contributed by atoms with Crippen LogP contribution in [0, 0.1) is 0 Å². The SMILES string of the molecule is O=C(NC1CCN(CCN2CCCOCC2)CC1)c1ncc2nc(N3CCCCCC3)ccc2n1. The predicted molar refractivity (Wildman–Crippen MR) is 137 cm³/mol. The molecule has 0 saturated carbocycles. The van der Waals surface area contributed by atoms with Gasteiger partial charge in [-0.15, -0.1) is 0 Å². The number of ether oxygens (including phenoxy) is 1. The summed E-state index contributed by atoms with van der Waals surface area (Å²) in [4.78, 5) is 33.9. The van der Waals surface area contributed by atoms with E-state index in [0.717, 1.165) is 102 Å². The molecule has 0 radical (unpaired) electrons. The molecule has 0 atom stereocenters. The summed E-state index contributed by atoms with van der Waals surface area (Å²) in [7, 11) is 0. The van der Waals surface area contributed by atoms with Crippen molar-refractivity contribution in [3.05, 3.63) is 24.2 Å². The Kier molecular flexibility index (Phi) is 8.38. The molecule has 9 heteroatoms. The highest BCUT2D eigenvalue weighted by Gasteiger charge is 2.23. The second-order valence-electron chi connectivity index (χ2n) is 10.1. The summed E-state index contributed by atoms with van der Waals surface area (Å²) in [6.45, 7) is 10.2. The van der Waals surface area contributed by atoms with E-state index in [2.05, 4.69) is 30.0 Å². The Bertz CT molecular complexity index is 963. The highest BCUT2D eigenvalue weighted by Crippen LogP contribution is 2.20. The van der Waals surface area contributed by atoms with E-state index in [1.165, 1.54) is 25.7 Å². The van der Waals surface area contributed by atoms with E-state index in [-0.39, 0.29) is 17.8 Å². The lowest BCUT2D eigenvalue weighted by Gasteiger charge is -2.33. The van der Waals surface area contributed by atoms with Crippen molar-refractivity contribution in [3.63, 3.8) is 0 Å². The van der Waals surface area contributed by atoms with Crippen LogP contribution in [0.3, 0.4) is 0 Å². The van der Waals surface area contributed by atoms with E-state index in [9.17, 15) is 4.79 Å². The average molecular weight is 482 g/mol. The van der Waals surface area contributed by atoms with E-state index in [4.69, 9.17) is 9.72 Å². The largest absolute Gasteiger partial charge is 0.380 e. The molecule has 3 fully saturated rings. The van der Waals surface area contributed by atoms with Gasteiger partial charge in [0.15, 0.2) is 0 Å². The fraction of sp³-hybridized carbons (Fsp3) is 0.692. The van der Waals surface area contributed by atoms with Crippen molar-refractivity contribution < 1.29 is 9.53 Å². The number of carbonyl (C=O) groups excluding carboxylic acids is 1. The third-order valence-corrected chi connectivity index (χ3v) is 7.53. The highest BCUT2D eigenvalue weighted by molar-refractivity contribution is 5.92. The van der Waals surface area contributed by atoms with Gasteiger partial charge in [0.25, 0.3) is 5.91 Å². The minimum absolute atomic E-state index is 0.174. The maximum atomic E-state index is 12.9. The summed E-state index contributed by atoms with van der Waals surface area (Å²) in [6, 6.07) is 4.17. The molecule has 0 aromatic carbocycles. The summed E-state index contributed by atoms with van der Waals surface area (Å²) >= 11 is 0. The molecular weight excluding hydrogens is 442 g/mol. The van der Waals surface area contributed by atoms with E-state index in [0.29, 0.717) is 0 Å². The van der Waals surface area contributed by atoms with Crippen molar-refractivity contribution in [2.75, 3.05) is 70.5 Å². The first-order valence-corrected chi connectivity index (χ1v) is 13.5. The Morgan fingerprint density at radius 1 is 0.857 bits per heavy atom. The van der Waals surface area contributed by atoms with E-state index in [1.807, 2.05) is 12.1 Å². The minimum Gasteiger partial charge on any atom is -0.380 e. The smallest absolute Gasteiger partial charge is 0.289 e. The van der Waals surface area contributed by atoms with E-state index in [1.54, 1.807) is 6.20 Å². The van der Waals surface area contributed by atoms with Crippen LogP contribution in [-0.4, -0.2) is 102 Å². The van der Waals surface area contributed by atoms with Gasteiger partial charge in [-0.1, -0.05) is 12.8 Å². The lowest BCUT2D eigenvalue weighted by molar-refractivity contribution is 0.0896. The molecule has 0 spiro atoms. The molecule has 1 N–H and O–H groups in total. The van der Waals surface area contributed by atoms with Crippen molar-refractivity contribution in [3.8, 4) is 0 Å². The molecule has 5 heterocycles. The molecule has 190 valence electrons. The number of rotatable bonds is 6. The molecule has 3 saturated heterocycles. The zero-order valence-electron chi connectivity index (χ0n) is 20.8. The van der Waals surface area contributed by atoms with Gasteiger partial charge >= 0.3 is 0 Å². The molecule has 35 heavy (non-hydrogen) atoms. The number of pyridine rings is 1. The minimum atomic E-state index is -0.188. The van der Waals surface area contributed by atoms with Crippen LogP contribution in [0.5, 0.6) is 0 Å². The molecule has 3 aliphatic heterocycles. The molecule has 5 rings (SSSR count). The number of aromatic nitrogens is 3. The zero-order chi connectivity index (χ0) is 23.9. The van der Waals surface area contributed by atoms with Crippen LogP contribution in [0.1, 0.15) is 55.6 Å². The molecule has 0 bridgehead atoms. The Hall–Kier alpha value is -2.36. The molecule has 2 aromatic heterocycles. The van der Waals surface area contributed by atoms with Crippen molar-refractivity contribution in [1.29, 1.82) is 0 Å². The van der Waals surface area contributed by atoms with Gasteiger partial charge in [-0.3, -0.25) is 9.69 Å². The molecule has 1 amide bonds. The number of amides is 1. The average Bonchev–Trinajstić information content (AvgIpc) is 3.33. The number of nitrogens with zero attached hydrogens (tertiary/aromatic N) is 6. The molecule has 3 aliphatic rings. The van der Waals surface area contributed by atoms with Crippen LogP contribution in [0.15, 0.2) is 18.3 Å². The Balaban J connectivity index is 1.11. The number of likely N-dealkylation sites (tertiary alicyclic amines) is 1. The van der Waals surface area contributed by atoms with Crippen LogP contribution < -0.4 is 10.2 Å². The molecule has 9 nitrogen and oxygen atoms in total. The molecular formula is C26H39N7O2. The van der Waals surface area contributed by atoms with E-state index < -0.39 is 0 Å². The van der Waals surface area contributed by atoms with Gasteiger partial charge in [-0.2, -0.15) is 0 Å². The molecule has 0 unspecified atom stereocenters. The number of nitrogens with one attached hydrogen (secondary N) is 1. The van der Waals surface area contributed by atoms with E-state index >= 15 is 0 Å². The highest BCUT2D eigenvalue weighted by atomic mass is 16.5. The summed E-state index contributed by atoms with van der Waals surface area (Å²) < 4.78 is 5.55. The quantitative estimate of drug-likeness (QED) is 0.673. The predicted octanol–water partition coefficient (Wildman–Crippen LogP) is 2.32. The third-order valence-electron chi connectivity index (χ3n) is 7.53. The number of piperidine rings is 1. The summed E-state index contributed by atoms with van der Waals surface area (Å²) in [5, 5.41) is 3.16. The van der Waals surface area contributed by atoms with Crippen molar-refractivity contribution in [2.45, 2.75) is 51.0 Å². The van der Waals surface area contributed by atoms with Crippen LogP contribution in [0.2, 0.25) is 0 Å². The van der Waals surface area contributed by atoms with Gasteiger partial charge in [-0.05, 0) is 44.2 Å². The topological polar surface area (TPSA) is 86.7 Å². The van der Waals surface area contributed by atoms with Crippen molar-refractivity contribution in [1.82, 2.24) is 30.1 Å². The Morgan fingerprint density at radius 3 is 2.43 bits per heavy atom. The number of fused-ring (bicyclic) bond motifs is 1. The summed E-state index contributed by atoms with van der Waals surface area (Å²) in [5.41, 5.74) is 1.46. The van der Waals surface area contributed by atoms with Gasteiger partial charge in [-0.25, -0.2) is 15.0 Å². The maximum Gasteiger partial charge on any atom is 0.289 e. The van der Waals surface area contributed by atoms with Gasteiger partial charge < -0.3 is 19.9 Å². The Morgan fingerprint density at radius 2 is 1.63 bits per heavy atom. The lowest BCUT2D eigenvalue weighted by atomic mass is 10.0. The van der Waals surface area contributed by atoms with Crippen LogP contribution >= 0.6 is 0 Å². The molecule has 0 aliphatic carbocycles. The molecule has 2 aromatic rings. The summed E-state index contributed by atoms with van der Waals surface area (Å²) in [5.74, 6) is 1.02. The van der Waals surface area contributed by atoms with Crippen LogP contribution in [-0.2, 0) is 4.74 Å². The van der Waals surface area contributed by atoms with Crippen molar-refractivity contribution >= 4 is 22.8 Å². The lowest BCUT2D eigenvalue weighted by Crippen LogP contribution is -2.46. The second kappa shape index (κ2) is 12.1. The fourth-order valence-corrected chi connectivity index (χ4v) is 5.35. The Labute approximate surface area is 208 Å². The third kappa shape index (κ3) is 6.65. The number of carbonyl (C=O) groups is 1. The van der Waals surface area contributed by atoms with Gasteiger partial charge in [0.1, 0.15) is 11.3 Å². The maximum absolute atomic E-state index is 12.9. The fourth-order valence-electron chi connectivity index (χ4n) is 5.35. The normalized spacial score (nSPS) is 21.5. The zero-order valence-corrected chi connectivity index (χ0v) is 20.8.